The van der Waals surface area contributed by atoms with Gasteiger partial charge >= 0.3 is 0 Å². The summed E-state index contributed by atoms with van der Waals surface area (Å²) in [5.74, 6) is 0. The van der Waals surface area contributed by atoms with Crippen LogP contribution in [0.25, 0.3) is 0 Å². The smallest absolute Gasteiger partial charge is 0.0312 e. The molecule has 0 aromatic carbocycles. The normalized spacial score (nSPS) is 20.2. The van der Waals surface area contributed by atoms with Crippen molar-refractivity contribution in [1.82, 2.24) is 9.47 Å². The molecule has 0 amide bonds. The number of nitrogens with zero attached hydrogens (tertiary/aromatic N) is 2. The van der Waals surface area contributed by atoms with Crippen LogP contribution in [-0.2, 0) is 13.0 Å². The van der Waals surface area contributed by atoms with E-state index in [0.717, 1.165) is 19.5 Å². The van der Waals surface area contributed by atoms with Gasteiger partial charge in [-0.05, 0) is 50.4 Å². The highest BCUT2D eigenvalue weighted by Gasteiger charge is 2.24. The van der Waals surface area contributed by atoms with E-state index in [0.29, 0.717) is 0 Å². The monoisotopic (exact) mass is 249 g/mol. The highest BCUT2D eigenvalue weighted by Crippen LogP contribution is 2.30. The van der Waals surface area contributed by atoms with Crippen LogP contribution >= 0.6 is 0 Å². The van der Waals surface area contributed by atoms with Crippen LogP contribution in [0.2, 0.25) is 0 Å². The molecule has 3 heteroatoms. The second kappa shape index (κ2) is 5.06. The van der Waals surface area contributed by atoms with Crippen LogP contribution in [0.1, 0.15) is 44.0 Å². The van der Waals surface area contributed by atoms with Crippen LogP contribution in [0.15, 0.2) is 12.3 Å². The van der Waals surface area contributed by atoms with E-state index in [1.165, 1.54) is 24.1 Å². The molecule has 0 spiro atoms. The third kappa shape index (κ3) is 2.96. The number of aromatic nitrogens is 1. The summed E-state index contributed by atoms with van der Waals surface area (Å²) in [6.45, 7) is 6.85. The summed E-state index contributed by atoms with van der Waals surface area (Å²) in [5, 5.41) is 0. The van der Waals surface area contributed by atoms with Crippen LogP contribution in [0.3, 0.4) is 0 Å². The Labute approximate surface area is 111 Å². The maximum Gasteiger partial charge on any atom is 0.0312 e. The van der Waals surface area contributed by atoms with Crippen LogP contribution in [-0.4, -0.2) is 30.1 Å². The van der Waals surface area contributed by atoms with Crippen molar-refractivity contribution in [1.29, 1.82) is 0 Å². The molecular formula is C15H27N3. The average molecular weight is 249 g/mol. The Bertz CT molecular complexity index is 404. The van der Waals surface area contributed by atoms with E-state index in [1.807, 2.05) is 0 Å². The van der Waals surface area contributed by atoms with Gasteiger partial charge in [-0.3, -0.25) is 0 Å². The van der Waals surface area contributed by atoms with E-state index in [2.05, 4.69) is 49.7 Å². The lowest BCUT2D eigenvalue weighted by molar-refractivity contribution is 0.209. The van der Waals surface area contributed by atoms with Gasteiger partial charge in [0.25, 0.3) is 0 Å². The predicted octanol–water partition coefficient (Wildman–Crippen LogP) is 2.41. The largest absolute Gasteiger partial charge is 0.351 e. The predicted molar refractivity (Wildman–Crippen MR) is 76.6 cm³/mol. The molecule has 3 nitrogen and oxygen atoms in total. The van der Waals surface area contributed by atoms with Crippen molar-refractivity contribution in [3.05, 3.63) is 23.5 Å². The minimum absolute atomic E-state index is 0.256. The summed E-state index contributed by atoms with van der Waals surface area (Å²) >= 11 is 0. The molecule has 102 valence electrons. The molecule has 1 unspecified atom stereocenters. The van der Waals surface area contributed by atoms with Gasteiger partial charge in [0.2, 0.25) is 0 Å². The highest BCUT2D eigenvalue weighted by molar-refractivity contribution is 5.28. The van der Waals surface area contributed by atoms with Crippen LogP contribution in [0.4, 0.5) is 0 Å². The second-order valence-electron chi connectivity index (χ2n) is 6.75. The lowest BCUT2D eigenvalue weighted by Crippen LogP contribution is -2.33. The number of hydrogen-bond donors (Lipinski definition) is 1. The molecule has 0 saturated carbocycles. The molecule has 18 heavy (non-hydrogen) atoms. The molecule has 0 aliphatic heterocycles. The Kier molecular flexibility index (Phi) is 3.83. The van der Waals surface area contributed by atoms with Gasteiger partial charge in [-0.2, -0.15) is 0 Å². The lowest BCUT2D eigenvalue weighted by Gasteiger charge is -2.30. The van der Waals surface area contributed by atoms with E-state index < -0.39 is 0 Å². The summed E-state index contributed by atoms with van der Waals surface area (Å²) in [6.07, 6.45) is 5.78. The van der Waals surface area contributed by atoms with Gasteiger partial charge in [-0.15, -0.1) is 0 Å². The summed E-state index contributed by atoms with van der Waals surface area (Å²) in [4.78, 5) is 2.27. The first-order valence-electron chi connectivity index (χ1n) is 6.97. The maximum atomic E-state index is 6.18. The average Bonchev–Trinajstić information content (AvgIpc) is 2.60. The first-order valence-corrected chi connectivity index (χ1v) is 6.97. The number of hydrogen-bond acceptors (Lipinski definition) is 2. The van der Waals surface area contributed by atoms with Crippen LogP contribution < -0.4 is 5.73 Å². The molecule has 1 aromatic rings. The van der Waals surface area contributed by atoms with Gasteiger partial charge < -0.3 is 15.2 Å². The summed E-state index contributed by atoms with van der Waals surface area (Å²) in [7, 11) is 4.28. The van der Waals surface area contributed by atoms with Gasteiger partial charge in [-0.1, -0.05) is 13.8 Å². The van der Waals surface area contributed by atoms with Crippen molar-refractivity contribution < 1.29 is 0 Å². The molecule has 1 aliphatic rings. The molecule has 1 aromatic heterocycles. The van der Waals surface area contributed by atoms with Crippen LogP contribution in [0, 0.1) is 5.41 Å². The summed E-state index contributed by atoms with van der Waals surface area (Å²) < 4.78 is 2.43. The van der Waals surface area contributed by atoms with Crippen molar-refractivity contribution in [2.24, 2.45) is 11.1 Å². The zero-order chi connectivity index (χ0) is 13.3. The fourth-order valence-corrected chi connectivity index (χ4v) is 3.31. The molecule has 0 saturated heterocycles. The molecule has 1 heterocycles. The molecule has 0 radical (unpaired) electrons. The number of nitrogens with two attached hydrogens (primary N) is 1. The van der Waals surface area contributed by atoms with E-state index >= 15 is 0 Å². The molecule has 2 rings (SSSR count). The number of fused-ring (bicyclic) bond motifs is 1. The highest BCUT2D eigenvalue weighted by atomic mass is 15.1. The minimum atomic E-state index is 0.256. The quantitative estimate of drug-likeness (QED) is 0.889. The third-order valence-corrected chi connectivity index (χ3v) is 3.78. The minimum Gasteiger partial charge on any atom is -0.351 e. The first-order chi connectivity index (χ1) is 8.39. The Morgan fingerprint density at radius 1 is 1.44 bits per heavy atom. The molecule has 1 atom stereocenters. The Morgan fingerprint density at radius 2 is 2.17 bits per heavy atom. The van der Waals surface area contributed by atoms with E-state index in [4.69, 9.17) is 5.73 Å². The molecule has 1 aliphatic carbocycles. The maximum absolute atomic E-state index is 6.18. The van der Waals surface area contributed by atoms with Gasteiger partial charge in [0, 0.05) is 31.0 Å². The van der Waals surface area contributed by atoms with E-state index in [-0.39, 0.29) is 11.5 Å². The zero-order valence-electron chi connectivity index (χ0n) is 12.2. The van der Waals surface area contributed by atoms with E-state index in [9.17, 15) is 0 Å². The molecule has 0 fully saturated rings. The standard InChI is InChI=1S/C15H27N3/c1-15(2,10-17(3)4)11-18-9-8-12-13(16)6-5-7-14(12)18/h8-9,13H,5-7,10-11,16H2,1-4H3. The van der Waals surface area contributed by atoms with E-state index in [1.54, 1.807) is 0 Å². The lowest BCUT2D eigenvalue weighted by atomic mass is 9.91. The van der Waals surface area contributed by atoms with Crippen molar-refractivity contribution in [2.75, 3.05) is 20.6 Å². The molecule has 0 bridgehead atoms. The van der Waals surface area contributed by atoms with Gasteiger partial charge in [-0.25, -0.2) is 0 Å². The SMILES string of the molecule is CN(C)CC(C)(C)Cn1ccc2c1CCCC2N. The second-order valence-corrected chi connectivity index (χ2v) is 6.75. The van der Waals surface area contributed by atoms with Crippen molar-refractivity contribution in [2.45, 2.75) is 45.7 Å². The Balaban J connectivity index is 2.15. The van der Waals surface area contributed by atoms with Crippen molar-refractivity contribution in [3.63, 3.8) is 0 Å². The van der Waals surface area contributed by atoms with Crippen molar-refractivity contribution in [3.8, 4) is 0 Å². The molecular weight excluding hydrogens is 222 g/mol. The summed E-state index contributed by atoms with van der Waals surface area (Å²) in [6, 6.07) is 2.48. The van der Waals surface area contributed by atoms with Gasteiger partial charge in [0.05, 0.1) is 0 Å². The zero-order valence-corrected chi connectivity index (χ0v) is 12.2. The van der Waals surface area contributed by atoms with Crippen molar-refractivity contribution >= 4 is 0 Å². The first kappa shape index (κ1) is 13.6. The van der Waals surface area contributed by atoms with Crippen LogP contribution in [0.5, 0.6) is 0 Å². The fourth-order valence-electron chi connectivity index (χ4n) is 3.31. The Morgan fingerprint density at radius 3 is 2.83 bits per heavy atom. The van der Waals surface area contributed by atoms with Gasteiger partial charge in [0.15, 0.2) is 0 Å². The Hall–Kier alpha value is -0.800. The summed E-state index contributed by atoms with van der Waals surface area (Å²) in [5.41, 5.74) is 9.32. The fraction of sp³-hybridized carbons (Fsp3) is 0.733. The molecule has 2 N–H and O–H groups in total. The third-order valence-electron chi connectivity index (χ3n) is 3.78. The van der Waals surface area contributed by atoms with Gasteiger partial charge in [0.1, 0.15) is 0 Å². The number of rotatable bonds is 4. The topological polar surface area (TPSA) is 34.2 Å².